The summed E-state index contributed by atoms with van der Waals surface area (Å²) >= 11 is 5.13. The first-order chi connectivity index (χ1) is 6.68. The van der Waals surface area contributed by atoms with Crippen LogP contribution >= 0.6 is 12.2 Å². The first kappa shape index (κ1) is 9.86. The van der Waals surface area contributed by atoms with Crippen molar-refractivity contribution in [3.05, 3.63) is 10.6 Å². The van der Waals surface area contributed by atoms with Gasteiger partial charge in [-0.1, -0.05) is 0 Å². The van der Waals surface area contributed by atoms with E-state index in [2.05, 4.69) is 22.1 Å². The molecule has 0 bridgehead atoms. The molecule has 1 heterocycles. The third-order valence-corrected chi connectivity index (χ3v) is 3.11. The Morgan fingerprint density at radius 3 is 2.86 bits per heavy atom. The maximum Gasteiger partial charge on any atom is 0.195 e. The molecule has 2 rings (SSSR count). The smallest absolute Gasteiger partial charge is 0.195 e. The Balaban J connectivity index is 1.93. The molecule has 5 heteroatoms. The minimum absolute atomic E-state index is 0.728. The number of H-pyrrole nitrogens is 1. The Morgan fingerprint density at radius 2 is 2.36 bits per heavy atom. The van der Waals surface area contributed by atoms with Gasteiger partial charge in [-0.15, -0.1) is 0 Å². The topological polar surface area (TPSA) is 36.9 Å². The Kier molecular flexibility index (Phi) is 2.69. The molecule has 0 amide bonds. The van der Waals surface area contributed by atoms with E-state index in [0.29, 0.717) is 0 Å². The molecule has 14 heavy (non-hydrogen) atoms. The lowest BCUT2D eigenvalue weighted by Gasteiger charge is -2.15. The molecule has 4 nitrogen and oxygen atoms in total. The monoisotopic (exact) mass is 212 g/mol. The molecule has 0 unspecified atom stereocenters. The van der Waals surface area contributed by atoms with Crippen LogP contribution in [-0.2, 0) is 6.54 Å². The van der Waals surface area contributed by atoms with E-state index in [4.69, 9.17) is 12.2 Å². The van der Waals surface area contributed by atoms with Crippen LogP contribution < -0.4 is 0 Å². The average molecular weight is 212 g/mol. The summed E-state index contributed by atoms with van der Waals surface area (Å²) in [5, 5.41) is 6.88. The number of aromatic nitrogens is 3. The van der Waals surface area contributed by atoms with Crippen LogP contribution in [0.3, 0.4) is 0 Å². The van der Waals surface area contributed by atoms with E-state index in [9.17, 15) is 0 Å². The minimum atomic E-state index is 0.728. The summed E-state index contributed by atoms with van der Waals surface area (Å²) in [6.07, 6.45) is 2.71. The van der Waals surface area contributed by atoms with Gasteiger partial charge in [0, 0.05) is 19.1 Å². The largest absolute Gasteiger partial charge is 0.303 e. The van der Waals surface area contributed by atoms with Crippen LogP contribution in [0.5, 0.6) is 0 Å². The number of rotatable bonds is 4. The highest BCUT2D eigenvalue weighted by Crippen LogP contribution is 2.24. The molecule has 1 aromatic heterocycles. The molecule has 1 aliphatic rings. The van der Waals surface area contributed by atoms with Gasteiger partial charge in [-0.2, -0.15) is 5.10 Å². The van der Waals surface area contributed by atoms with Crippen molar-refractivity contribution < 1.29 is 0 Å². The number of aryl methyl sites for hydroxylation is 1. The predicted molar refractivity (Wildman–Crippen MR) is 57.8 cm³/mol. The van der Waals surface area contributed by atoms with Crippen molar-refractivity contribution in [3.63, 3.8) is 0 Å². The molecule has 0 aromatic carbocycles. The number of nitrogens with one attached hydrogen (secondary N) is 1. The molecular weight excluding hydrogens is 196 g/mol. The zero-order valence-corrected chi connectivity index (χ0v) is 9.47. The Labute approximate surface area is 88.9 Å². The van der Waals surface area contributed by atoms with E-state index in [1.165, 1.54) is 12.8 Å². The summed E-state index contributed by atoms with van der Waals surface area (Å²) in [5.41, 5.74) is 0. The highest BCUT2D eigenvalue weighted by Gasteiger charge is 2.25. The van der Waals surface area contributed by atoms with Crippen molar-refractivity contribution >= 4 is 12.2 Å². The van der Waals surface area contributed by atoms with Gasteiger partial charge in [-0.05, 0) is 39.0 Å². The third kappa shape index (κ3) is 2.04. The molecule has 1 aromatic rings. The van der Waals surface area contributed by atoms with Crippen LogP contribution in [0.4, 0.5) is 0 Å². The first-order valence-corrected chi connectivity index (χ1v) is 5.41. The fourth-order valence-corrected chi connectivity index (χ4v) is 1.88. The number of aromatic amines is 1. The quantitative estimate of drug-likeness (QED) is 0.765. The second-order valence-electron chi connectivity index (χ2n) is 3.94. The first-order valence-electron chi connectivity index (χ1n) is 5.00. The second-order valence-corrected chi connectivity index (χ2v) is 4.33. The fraction of sp³-hybridized carbons (Fsp3) is 0.778. The summed E-state index contributed by atoms with van der Waals surface area (Å²) < 4.78 is 2.78. The van der Waals surface area contributed by atoms with Crippen molar-refractivity contribution in [1.29, 1.82) is 0 Å². The second kappa shape index (κ2) is 3.82. The Hall–Kier alpha value is -0.680. The maximum absolute atomic E-state index is 5.13. The third-order valence-electron chi connectivity index (χ3n) is 2.80. The van der Waals surface area contributed by atoms with E-state index in [-0.39, 0.29) is 0 Å². The maximum atomic E-state index is 5.13. The van der Waals surface area contributed by atoms with Crippen molar-refractivity contribution in [2.75, 3.05) is 13.6 Å². The molecule has 1 aliphatic carbocycles. The van der Waals surface area contributed by atoms with E-state index in [1.54, 1.807) is 0 Å². The Bertz CT molecular complexity index is 363. The summed E-state index contributed by atoms with van der Waals surface area (Å²) in [6.45, 7) is 3.97. The normalized spacial score (nSPS) is 16.5. The molecule has 1 fully saturated rings. The number of nitrogens with zero attached hydrogens (tertiary/aromatic N) is 3. The summed E-state index contributed by atoms with van der Waals surface area (Å²) in [5.74, 6) is 0.971. The fourth-order valence-electron chi connectivity index (χ4n) is 1.62. The molecule has 78 valence electrons. The van der Waals surface area contributed by atoms with Gasteiger partial charge in [0.15, 0.2) is 4.77 Å². The van der Waals surface area contributed by atoms with Gasteiger partial charge in [-0.25, -0.2) is 0 Å². The molecule has 0 radical (unpaired) electrons. The molecule has 0 saturated heterocycles. The lowest BCUT2D eigenvalue weighted by molar-refractivity contribution is 0.307. The Morgan fingerprint density at radius 1 is 1.64 bits per heavy atom. The molecule has 0 atom stereocenters. The van der Waals surface area contributed by atoms with Gasteiger partial charge in [0.1, 0.15) is 5.82 Å². The van der Waals surface area contributed by atoms with Crippen molar-refractivity contribution in [2.45, 2.75) is 32.4 Å². The van der Waals surface area contributed by atoms with Gasteiger partial charge >= 0.3 is 0 Å². The van der Waals surface area contributed by atoms with Crippen molar-refractivity contribution in [3.8, 4) is 0 Å². The van der Waals surface area contributed by atoms with Crippen LogP contribution in [0.25, 0.3) is 0 Å². The molecule has 0 spiro atoms. The van der Waals surface area contributed by atoms with E-state index in [0.717, 1.165) is 29.7 Å². The van der Waals surface area contributed by atoms with Crippen molar-refractivity contribution in [2.24, 2.45) is 0 Å². The van der Waals surface area contributed by atoms with Gasteiger partial charge in [0.25, 0.3) is 0 Å². The van der Waals surface area contributed by atoms with E-state index < -0.39 is 0 Å². The van der Waals surface area contributed by atoms with Crippen LogP contribution in [-0.4, -0.2) is 39.3 Å². The summed E-state index contributed by atoms with van der Waals surface area (Å²) in [4.78, 5) is 2.40. The lowest BCUT2D eigenvalue weighted by atomic mass is 10.5. The lowest BCUT2D eigenvalue weighted by Crippen LogP contribution is -2.25. The number of hydrogen-bond acceptors (Lipinski definition) is 3. The molecular formula is C9H16N4S. The molecule has 1 N–H and O–H groups in total. The minimum Gasteiger partial charge on any atom is -0.303 e. The van der Waals surface area contributed by atoms with Crippen LogP contribution in [0, 0.1) is 11.7 Å². The zero-order chi connectivity index (χ0) is 10.1. The number of hydrogen-bond donors (Lipinski definition) is 1. The SMILES string of the molecule is Cc1n[nH]c(=S)n1CCN(C)C1CC1. The highest BCUT2D eigenvalue weighted by molar-refractivity contribution is 7.71. The zero-order valence-electron chi connectivity index (χ0n) is 8.66. The van der Waals surface area contributed by atoms with Crippen molar-refractivity contribution in [1.82, 2.24) is 19.7 Å². The average Bonchev–Trinajstić information content (AvgIpc) is 2.93. The van der Waals surface area contributed by atoms with E-state index >= 15 is 0 Å². The van der Waals surface area contributed by atoms with Crippen LogP contribution in [0.2, 0.25) is 0 Å². The highest BCUT2D eigenvalue weighted by atomic mass is 32.1. The van der Waals surface area contributed by atoms with E-state index in [1.807, 2.05) is 11.5 Å². The van der Waals surface area contributed by atoms with Gasteiger partial charge < -0.3 is 9.47 Å². The van der Waals surface area contributed by atoms with Crippen LogP contribution in [0.1, 0.15) is 18.7 Å². The number of likely N-dealkylation sites (N-methyl/N-ethyl adjacent to an activating group) is 1. The van der Waals surface area contributed by atoms with Gasteiger partial charge in [0.2, 0.25) is 0 Å². The summed E-state index contributed by atoms with van der Waals surface area (Å²) in [6, 6.07) is 0.816. The van der Waals surface area contributed by atoms with Gasteiger partial charge in [0.05, 0.1) is 0 Å². The van der Waals surface area contributed by atoms with Crippen LogP contribution in [0.15, 0.2) is 0 Å². The standard InChI is InChI=1S/C9H16N4S/c1-7-10-11-9(14)13(7)6-5-12(2)8-3-4-8/h8H,3-6H2,1-2H3,(H,11,14). The molecule has 0 aliphatic heterocycles. The molecule has 1 saturated carbocycles. The van der Waals surface area contributed by atoms with Gasteiger partial charge in [-0.3, -0.25) is 5.10 Å². The summed E-state index contributed by atoms with van der Waals surface area (Å²) in [7, 11) is 2.18. The predicted octanol–water partition coefficient (Wildman–Crippen LogP) is 1.34.